The molecule has 0 saturated heterocycles. The minimum Gasteiger partial charge on any atom is -0.481 e. The molecule has 0 radical (unpaired) electrons. The fourth-order valence-electron chi connectivity index (χ4n) is 2.83. The number of carboxylic acids is 1. The van der Waals surface area contributed by atoms with Crippen LogP contribution in [-0.4, -0.2) is 33.0 Å². The maximum absolute atomic E-state index is 12.8. The van der Waals surface area contributed by atoms with Crippen molar-refractivity contribution in [2.24, 2.45) is 5.92 Å². The monoisotopic (exact) mass is 345 g/mol. The third-order valence-corrected chi connectivity index (χ3v) is 3.99. The molecule has 9 heteroatoms. The Labute approximate surface area is 136 Å². The van der Waals surface area contributed by atoms with Crippen LogP contribution in [0.3, 0.4) is 0 Å². The normalized spacial score (nSPS) is 21.8. The Morgan fingerprint density at radius 3 is 2.50 bits per heavy atom. The molecule has 1 amide bonds. The molecule has 0 bridgehead atoms. The Hall–Kier alpha value is -2.19. The van der Waals surface area contributed by atoms with Gasteiger partial charge in [-0.05, 0) is 25.8 Å². The number of carboxylic acid groups (broad SMARTS) is 1. The zero-order chi connectivity index (χ0) is 17.9. The fourth-order valence-corrected chi connectivity index (χ4v) is 2.83. The first-order valence-corrected chi connectivity index (χ1v) is 7.65. The van der Waals surface area contributed by atoms with Gasteiger partial charge in [-0.25, -0.2) is 9.97 Å². The highest BCUT2D eigenvalue weighted by Crippen LogP contribution is 2.27. The number of hydrogen-bond donors (Lipinski definition) is 2. The quantitative estimate of drug-likeness (QED) is 0.822. The van der Waals surface area contributed by atoms with E-state index in [9.17, 15) is 27.9 Å². The largest absolute Gasteiger partial charge is 0.481 e. The number of amides is 1. The molecule has 24 heavy (non-hydrogen) atoms. The van der Waals surface area contributed by atoms with Crippen LogP contribution >= 0.6 is 0 Å². The smallest absolute Gasteiger partial charge is 0.451 e. The van der Waals surface area contributed by atoms with Crippen molar-refractivity contribution in [1.29, 1.82) is 0 Å². The minimum atomic E-state index is -4.76. The molecule has 0 spiro atoms. The van der Waals surface area contributed by atoms with Crippen LogP contribution in [0.25, 0.3) is 0 Å². The van der Waals surface area contributed by atoms with Crippen molar-refractivity contribution < 1.29 is 27.9 Å². The van der Waals surface area contributed by atoms with Crippen molar-refractivity contribution in [3.63, 3.8) is 0 Å². The molecule has 2 N–H and O–H groups in total. The standard InChI is InChI=1S/C15H18F3N3O3/c1-8-7-11(21-14(19-8)15(16,17)18)12(22)20-10-6-4-2-3-5-9(10)13(23)24/h7,9-10H,2-6H2,1H3,(H,20,22)(H,23,24)/t9-,10+/m1/s1. The Bertz CT molecular complexity index is 634. The van der Waals surface area contributed by atoms with Crippen LogP contribution < -0.4 is 5.32 Å². The Balaban J connectivity index is 2.22. The number of rotatable bonds is 3. The summed E-state index contributed by atoms with van der Waals surface area (Å²) in [4.78, 5) is 30.2. The van der Waals surface area contributed by atoms with Gasteiger partial charge in [0.2, 0.25) is 5.82 Å². The highest BCUT2D eigenvalue weighted by molar-refractivity contribution is 5.93. The van der Waals surface area contributed by atoms with Crippen molar-refractivity contribution in [3.8, 4) is 0 Å². The summed E-state index contributed by atoms with van der Waals surface area (Å²) < 4.78 is 38.3. The third kappa shape index (κ3) is 4.42. The molecule has 6 nitrogen and oxygen atoms in total. The zero-order valence-electron chi connectivity index (χ0n) is 13.1. The van der Waals surface area contributed by atoms with Gasteiger partial charge >= 0.3 is 12.1 Å². The molecule has 1 aromatic heterocycles. The van der Waals surface area contributed by atoms with Gasteiger partial charge in [0, 0.05) is 11.7 Å². The van der Waals surface area contributed by atoms with E-state index >= 15 is 0 Å². The van der Waals surface area contributed by atoms with Crippen LogP contribution in [0.1, 0.15) is 54.1 Å². The van der Waals surface area contributed by atoms with Crippen molar-refractivity contribution in [2.45, 2.75) is 51.2 Å². The first kappa shape index (κ1) is 18.2. The topological polar surface area (TPSA) is 92.2 Å². The molecule has 1 aliphatic rings. The summed E-state index contributed by atoms with van der Waals surface area (Å²) >= 11 is 0. The van der Waals surface area contributed by atoms with E-state index in [4.69, 9.17) is 0 Å². The SMILES string of the molecule is Cc1cc(C(=O)N[C@H]2CCCCC[C@H]2C(=O)O)nc(C(F)(F)F)n1. The summed E-state index contributed by atoms with van der Waals surface area (Å²) in [5.74, 6) is -3.97. The van der Waals surface area contributed by atoms with Crippen LogP contribution in [0.15, 0.2) is 6.07 Å². The molecule has 0 aromatic carbocycles. The number of halogens is 3. The predicted octanol–water partition coefficient (Wildman–Crippen LogP) is 2.57. The first-order valence-electron chi connectivity index (χ1n) is 7.65. The van der Waals surface area contributed by atoms with E-state index < -0.39 is 41.5 Å². The average molecular weight is 345 g/mol. The predicted molar refractivity (Wildman–Crippen MR) is 77.2 cm³/mol. The van der Waals surface area contributed by atoms with Gasteiger partial charge in [0.15, 0.2) is 0 Å². The molecule has 1 fully saturated rings. The summed E-state index contributed by atoms with van der Waals surface area (Å²) in [7, 11) is 0. The number of alkyl halides is 3. The summed E-state index contributed by atoms with van der Waals surface area (Å²) in [6.07, 6.45) is -1.50. The molecule has 0 unspecified atom stereocenters. The van der Waals surface area contributed by atoms with E-state index in [2.05, 4.69) is 15.3 Å². The zero-order valence-corrected chi connectivity index (χ0v) is 13.1. The van der Waals surface area contributed by atoms with Gasteiger partial charge in [0.1, 0.15) is 5.69 Å². The van der Waals surface area contributed by atoms with Crippen LogP contribution in [0, 0.1) is 12.8 Å². The molecule has 2 atom stereocenters. The first-order chi connectivity index (χ1) is 11.2. The average Bonchev–Trinajstić information content (AvgIpc) is 2.71. The number of nitrogens with one attached hydrogen (secondary N) is 1. The van der Waals surface area contributed by atoms with Crippen molar-refractivity contribution in [1.82, 2.24) is 15.3 Å². The van der Waals surface area contributed by atoms with Crippen molar-refractivity contribution >= 4 is 11.9 Å². The van der Waals surface area contributed by atoms with Crippen LogP contribution in [0.5, 0.6) is 0 Å². The second kappa shape index (κ2) is 7.14. The van der Waals surface area contributed by atoms with Gasteiger partial charge in [-0.2, -0.15) is 13.2 Å². The van der Waals surface area contributed by atoms with Crippen LogP contribution in [0.4, 0.5) is 13.2 Å². The van der Waals surface area contributed by atoms with Gasteiger partial charge in [-0.3, -0.25) is 9.59 Å². The lowest BCUT2D eigenvalue weighted by molar-refractivity contribution is -0.145. The molecule has 132 valence electrons. The maximum Gasteiger partial charge on any atom is 0.451 e. The molecule has 2 rings (SSSR count). The third-order valence-electron chi connectivity index (χ3n) is 3.99. The molecular weight excluding hydrogens is 327 g/mol. The Kier molecular flexibility index (Phi) is 5.40. The molecule has 1 heterocycles. The maximum atomic E-state index is 12.8. The second-order valence-corrected chi connectivity index (χ2v) is 5.88. The fraction of sp³-hybridized carbons (Fsp3) is 0.600. The van der Waals surface area contributed by atoms with Crippen molar-refractivity contribution in [3.05, 3.63) is 23.3 Å². The Morgan fingerprint density at radius 2 is 1.88 bits per heavy atom. The number of hydrogen-bond acceptors (Lipinski definition) is 4. The molecule has 0 aliphatic heterocycles. The highest BCUT2D eigenvalue weighted by atomic mass is 19.4. The lowest BCUT2D eigenvalue weighted by Crippen LogP contribution is -2.43. The molecule has 1 aliphatic carbocycles. The minimum absolute atomic E-state index is 0.0122. The van der Waals surface area contributed by atoms with Crippen LogP contribution in [-0.2, 0) is 11.0 Å². The number of aryl methyl sites for hydroxylation is 1. The Morgan fingerprint density at radius 1 is 1.21 bits per heavy atom. The van der Waals surface area contributed by atoms with E-state index in [1.165, 1.54) is 6.92 Å². The van der Waals surface area contributed by atoms with E-state index in [1.807, 2.05) is 0 Å². The molecule has 1 saturated carbocycles. The van der Waals surface area contributed by atoms with E-state index in [0.29, 0.717) is 12.8 Å². The van der Waals surface area contributed by atoms with Gasteiger partial charge in [-0.15, -0.1) is 0 Å². The van der Waals surface area contributed by atoms with E-state index in [0.717, 1.165) is 25.3 Å². The highest BCUT2D eigenvalue weighted by Gasteiger charge is 2.36. The summed E-state index contributed by atoms with van der Waals surface area (Å²) in [6, 6.07) is 0.527. The number of aliphatic carboxylic acids is 1. The van der Waals surface area contributed by atoms with Crippen molar-refractivity contribution in [2.75, 3.05) is 0 Å². The number of carbonyl (C=O) groups excluding carboxylic acids is 1. The summed E-state index contributed by atoms with van der Waals surface area (Å²) in [6.45, 7) is 1.33. The lowest BCUT2D eigenvalue weighted by atomic mass is 9.95. The second-order valence-electron chi connectivity index (χ2n) is 5.88. The number of carbonyl (C=O) groups is 2. The number of nitrogens with zero attached hydrogens (tertiary/aromatic N) is 2. The van der Waals surface area contributed by atoms with Gasteiger partial charge < -0.3 is 10.4 Å². The van der Waals surface area contributed by atoms with E-state index in [-0.39, 0.29) is 5.69 Å². The number of aromatic nitrogens is 2. The molecule has 1 aromatic rings. The van der Waals surface area contributed by atoms with Crippen LogP contribution in [0.2, 0.25) is 0 Å². The van der Waals surface area contributed by atoms with E-state index in [1.54, 1.807) is 0 Å². The molecular formula is C15H18F3N3O3. The van der Waals surface area contributed by atoms with Gasteiger partial charge in [0.25, 0.3) is 5.91 Å². The van der Waals surface area contributed by atoms with Gasteiger partial charge in [-0.1, -0.05) is 19.3 Å². The lowest BCUT2D eigenvalue weighted by Gasteiger charge is -2.22. The summed E-state index contributed by atoms with van der Waals surface area (Å²) in [5.41, 5.74) is -0.402. The van der Waals surface area contributed by atoms with Gasteiger partial charge in [0.05, 0.1) is 5.92 Å². The summed E-state index contributed by atoms with van der Waals surface area (Å²) in [5, 5.41) is 11.8.